The standard InChI is InChI=1S/C23H28FNO4/c1-16-15-17(24)9-10-19(16)28-20-8-6-5-7-18(20)23(27)11-13-25(14-12-23)21(26)29-22(2,3)4/h5-10,15,27H,11-14H2,1-4H3. The van der Waals surface area contributed by atoms with E-state index < -0.39 is 11.2 Å². The molecule has 5 nitrogen and oxygen atoms in total. The van der Waals surface area contributed by atoms with Crippen LogP contribution < -0.4 is 4.74 Å². The highest BCUT2D eigenvalue weighted by Crippen LogP contribution is 2.40. The summed E-state index contributed by atoms with van der Waals surface area (Å²) in [7, 11) is 0. The van der Waals surface area contributed by atoms with Gasteiger partial charge in [-0.15, -0.1) is 0 Å². The Morgan fingerprint density at radius 1 is 1.10 bits per heavy atom. The quantitative estimate of drug-likeness (QED) is 0.773. The van der Waals surface area contributed by atoms with Gasteiger partial charge in [-0.2, -0.15) is 0 Å². The van der Waals surface area contributed by atoms with E-state index in [1.165, 1.54) is 12.1 Å². The minimum atomic E-state index is -1.12. The summed E-state index contributed by atoms with van der Waals surface area (Å²) in [6, 6.07) is 11.6. The molecule has 1 amide bonds. The molecule has 3 rings (SSSR count). The number of rotatable bonds is 3. The number of nitrogens with zero attached hydrogens (tertiary/aromatic N) is 1. The van der Waals surface area contributed by atoms with E-state index in [2.05, 4.69) is 0 Å². The molecule has 29 heavy (non-hydrogen) atoms. The van der Waals surface area contributed by atoms with Crippen LogP contribution in [0.1, 0.15) is 44.7 Å². The number of likely N-dealkylation sites (tertiary alicyclic amines) is 1. The fourth-order valence-corrected chi connectivity index (χ4v) is 3.44. The van der Waals surface area contributed by atoms with Gasteiger partial charge in [-0.05, 0) is 70.4 Å². The summed E-state index contributed by atoms with van der Waals surface area (Å²) in [6.07, 6.45) is 0.371. The van der Waals surface area contributed by atoms with Gasteiger partial charge >= 0.3 is 6.09 Å². The van der Waals surface area contributed by atoms with Crippen LogP contribution in [0.3, 0.4) is 0 Å². The van der Waals surface area contributed by atoms with Crippen LogP contribution in [0.2, 0.25) is 0 Å². The molecule has 0 spiro atoms. The normalized spacial score (nSPS) is 16.4. The van der Waals surface area contributed by atoms with Crippen molar-refractivity contribution in [3.05, 3.63) is 59.4 Å². The first kappa shape index (κ1) is 21.1. The lowest BCUT2D eigenvalue weighted by Crippen LogP contribution is -2.46. The maximum absolute atomic E-state index is 13.4. The molecule has 2 aromatic carbocycles. The van der Waals surface area contributed by atoms with Gasteiger partial charge in [0.25, 0.3) is 0 Å². The van der Waals surface area contributed by atoms with E-state index in [-0.39, 0.29) is 11.9 Å². The second kappa shape index (κ2) is 8.03. The van der Waals surface area contributed by atoms with Gasteiger partial charge in [0.15, 0.2) is 0 Å². The summed E-state index contributed by atoms with van der Waals surface area (Å²) in [5, 5.41) is 11.3. The minimum Gasteiger partial charge on any atom is -0.457 e. The molecule has 156 valence electrons. The summed E-state index contributed by atoms with van der Waals surface area (Å²) in [6.45, 7) is 8.03. The van der Waals surface area contributed by atoms with Gasteiger partial charge in [-0.1, -0.05) is 18.2 Å². The number of aliphatic hydroxyl groups is 1. The Labute approximate surface area is 171 Å². The maximum Gasteiger partial charge on any atom is 0.410 e. The van der Waals surface area contributed by atoms with Gasteiger partial charge in [-0.25, -0.2) is 9.18 Å². The number of amides is 1. The first-order valence-corrected chi connectivity index (χ1v) is 9.81. The highest BCUT2D eigenvalue weighted by Gasteiger charge is 2.38. The fraction of sp³-hybridized carbons (Fsp3) is 0.435. The summed E-state index contributed by atoms with van der Waals surface area (Å²) in [5.74, 6) is 0.736. The van der Waals surface area contributed by atoms with E-state index in [4.69, 9.17) is 9.47 Å². The number of halogens is 1. The van der Waals surface area contributed by atoms with E-state index in [1.54, 1.807) is 24.0 Å². The molecule has 0 aromatic heterocycles. The zero-order valence-corrected chi connectivity index (χ0v) is 17.4. The number of para-hydroxylation sites is 1. The molecule has 6 heteroatoms. The summed E-state index contributed by atoms with van der Waals surface area (Å²) in [5.41, 5.74) is -0.347. The van der Waals surface area contributed by atoms with Crippen LogP contribution >= 0.6 is 0 Å². The van der Waals surface area contributed by atoms with Crippen LogP contribution in [0.5, 0.6) is 11.5 Å². The van der Waals surface area contributed by atoms with Crippen molar-refractivity contribution in [1.82, 2.24) is 4.90 Å². The third-order valence-electron chi connectivity index (χ3n) is 4.99. The number of aryl methyl sites for hydroxylation is 1. The molecule has 1 fully saturated rings. The maximum atomic E-state index is 13.4. The van der Waals surface area contributed by atoms with Crippen molar-refractivity contribution in [3.63, 3.8) is 0 Å². The van der Waals surface area contributed by atoms with Crippen LogP contribution in [0.25, 0.3) is 0 Å². The van der Waals surface area contributed by atoms with E-state index >= 15 is 0 Å². The number of piperidine rings is 1. The molecule has 1 aliphatic heterocycles. The van der Waals surface area contributed by atoms with Crippen molar-refractivity contribution in [2.45, 2.75) is 51.7 Å². The lowest BCUT2D eigenvalue weighted by Gasteiger charge is -2.39. The first-order valence-electron chi connectivity index (χ1n) is 9.81. The number of hydrogen-bond donors (Lipinski definition) is 1. The highest BCUT2D eigenvalue weighted by molar-refractivity contribution is 5.68. The average Bonchev–Trinajstić information content (AvgIpc) is 2.63. The Balaban J connectivity index is 1.77. The number of ether oxygens (including phenoxy) is 2. The first-order chi connectivity index (χ1) is 13.6. The molecule has 0 bridgehead atoms. The minimum absolute atomic E-state index is 0.323. The Hall–Kier alpha value is -2.60. The molecule has 0 radical (unpaired) electrons. The van der Waals surface area contributed by atoms with Gasteiger partial charge in [0.1, 0.15) is 22.9 Å². The van der Waals surface area contributed by atoms with Crippen molar-refractivity contribution in [1.29, 1.82) is 0 Å². The third kappa shape index (κ3) is 5.07. The average molecular weight is 401 g/mol. The SMILES string of the molecule is Cc1cc(F)ccc1Oc1ccccc1C1(O)CCN(C(=O)OC(C)(C)C)CC1. The van der Waals surface area contributed by atoms with Gasteiger partial charge in [0.05, 0.1) is 5.60 Å². The van der Waals surface area contributed by atoms with Crippen molar-refractivity contribution in [3.8, 4) is 11.5 Å². The smallest absolute Gasteiger partial charge is 0.410 e. The van der Waals surface area contributed by atoms with E-state index in [9.17, 15) is 14.3 Å². The lowest BCUT2D eigenvalue weighted by atomic mass is 9.84. The molecule has 0 atom stereocenters. The van der Waals surface area contributed by atoms with Crippen LogP contribution in [-0.4, -0.2) is 34.8 Å². The summed E-state index contributed by atoms with van der Waals surface area (Å²) >= 11 is 0. The Kier molecular flexibility index (Phi) is 5.85. The number of carbonyl (C=O) groups excluding carboxylic acids is 1. The van der Waals surface area contributed by atoms with Crippen molar-refractivity contribution < 1.29 is 23.8 Å². The molecule has 1 saturated heterocycles. The molecular formula is C23H28FNO4. The molecule has 1 heterocycles. The third-order valence-corrected chi connectivity index (χ3v) is 4.99. The van der Waals surface area contributed by atoms with Gasteiger partial charge < -0.3 is 19.5 Å². The Morgan fingerprint density at radius 2 is 1.76 bits per heavy atom. The van der Waals surface area contributed by atoms with Crippen LogP contribution in [0.15, 0.2) is 42.5 Å². The molecular weight excluding hydrogens is 373 g/mol. The summed E-state index contributed by atoms with van der Waals surface area (Å²) < 4.78 is 24.8. The van der Waals surface area contributed by atoms with Crippen LogP contribution in [0.4, 0.5) is 9.18 Å². The molecule has 0 unspecified atom stereocenters. The van der Waals surface area contributed by atoms with Crippen LogP contribution in [-0.2, 0) is 10.3 Å². The number of benzene rings is 2. The van der Waals surface area contributed by atoms with Crippen LogP contribution in [0, 0.1) is 12.7 Å². The number of carbonyl (C=O) groups is 1. The zero-order valence-electron chi connectivity index (χ0n) is 17.4. The van der Waals surface area contributed by atoms with Crippen molar-refractivity contribution in [2.24, 2.45) is 0 Å². The molecule has 1 aliphatic rings. The van der Waals surface area contributed by atoms with Crippen molar-refractivity contribution >= 4 is 6.09 Å². The highest BCUT2D eigenvalue weighted by atomic mass is 19.1. The predicted molar refractivity (Wildman–Crippen MR) is 109 cm³/mol. The fourth-order valence-electron chi connectivity index (χ4n) is 3.44. The van der Waals surface area contributed by atoms with E-state index in [0.29, 0.717) is 48.6 Å². The molecule has 0 aliphatic carbocycles. The zero-order chi connectivity index (χ0) is 21.2. The second-order valence-corrected chi connectivity index (χ2v) is 8.51. The summed E-state index contributed by atoms with van der Waals surface area (Å²) in [4.78, 5) is 13.9. The second-order valence-electron chi connectivity index (χ2n) is 8.51. The van der Waals surface area contributed by atoms with Gasteiger partial charge in [-0.3, -0.25) is 0 Å². The van der Waals surface area contributed by atoms with Gasteiger partial charge in [0.2, 0.25) is 0 Å². The number of hydrogen-bond acceptors (Lipinski definition) is 4. The van der Waals surface area contributed by atoms with E-state index in [1.807, 2.05) is 39.0 Å². The monoisotopic (exact) mass is 401 g/mol. The Bertz CT molecular complexity index is 883. The molecule has 0 saturated carbocycles. The topological polar surface area (TPSA) is 59.0 Å². The predicted octanol–water partition coefficient (Wildman–Crippen LogP) is 5.14. The largest absolute Gasteiger partial charge is 0.457 e. The molecule has 1 N–H and O–H groups in total. The van der Waals surface area contributed by atoms with Gasteiger partial charge in [0, 0.05) is 18.7 Å². The Morgan fingerprint density at radius 3 is 2.38 bits per heavy atom. The van der Waals surface area contributed by atoms with E-state index in [0.717, 1.165) is 0 Å². The molecule has 2 aromatic rings. The van der Waals surface area contributed by atoms with Crippen molar-refractivity contribution in [2.75, 3.05) is 13.1 Å². The lowest BCUT2D eigenvalue weighted by molar-refractivity contribution is -0.0365.